The average molecular weight is 172 g/mol. The molecule has 0 N–H and O–H groups in total. The molecule has 0 atom stereocenters. The Hall–Kier alpha value is -1.44. The van der Waals surface area contributed by atoms with Crippen molar-refractivity contribution in [2.45, 2.75) is 19.8 Å². The van der Waals surface area contributed by atoms with Crippen molar-refractivity contribution in [1.82, 2.24) is 10.2 Å². The Morgan fingerprint density at radius 2 is 1.85 bits per heavy atom. The van der Waals surface area contributed by atoms with Gasteiger partial charge in [-0.2, -0.15) is 10.2 Å². The molecule has 1 aromatic heterocycles. The Morgan fingerprint density at radius 3 is 2.62 bits per heavy atom. The molecular weight excluding hydrogens is 160 g/mol. The lowest BCUT2D eigenvalue weighted by Gasteiger charge is -2.07. The number of fused-ring (bicyclic) bond motifs is 1. The molecule has 0 aliphatic carbocycles. The number of aromatic nitrogens is 2. The number of rotatable bonds is 1. The molecule has 66 valence electrons. The quantitative estimate of drug-likeness (QED) is 0.661. The second-order valence-corrected chi connectivity index (χ2v) is 3.49. The van der Waals surface area contributed by atoms with Gasteiger partial charge < -0.3 is 0 Å². The van der Waals surface area contributed by atoms with E-state index in [0.29, 0.717) is 5.92 Å². The van der Waals surface area contributed by atoms with Crippen LogP contribution in [0, 0.1) is 0 Å². The number of hydrogen-bond donors (Lipinski definition) is 0. The Balaban J connectivity index is 2.76. The summed E-state index contributed by atoms with van der Waals surface area (Å²) in [6.07, 6.45) is 3.64. The highest BCUT2D eigenvalue weighted by Gasteiger charge is 2.03. The van der Waals surface area contributed by atoms with Crippen LogP contribution >= 0.6 is 0 Å². The van der Waals surface area contributed by atoms with E-state index in [4.69, 9.17) is 0 Å². The monoisotopic (exact) mass is 172 g/mol. The van der Waals surface area contributed by atoms with Gasteiger partial charge in [-0.25, -0.2) is 0 Å². The van der Waals surface area contributed by atoms with Gasteiger partial charge in [-0.05, 0) is 11.5 Å². The van der Waals surface area contributed by atoms with E-state index in [1.54, 1.807) is 6.20 Å². The first-order valence-electron chi connectivity index (χ1n) is 4.48. The highest BCUT2D eigenvalue weighted by atomic mass is 15.1. The van der Waals surface area contributed by atoms with Gasteiger partial charge in [0.25, 0.3) is 0 Å². The molecule has 13 heavy (non-hydrogen) atoms. The molecule has 1 aromatic carbocycles. The van der Waals surface area contributed by atoms with Gasteiger partial charge in [-0.15, -0.1) is 0 Å². The van der Waals surface area contributed by atoms with Gasteiger partial charge in [0, 0.05) is 10.8 Å². The van der Waals surface area contributed by atoms with E-state index < -0.39 is 0 Å². The highest BCUT2D eigenvalue weighted by Crippen LogP contribution is 2.23. The summed E-state index contributed by atoms with van der Waals surface area (Å²) in [5, 5.41) is 10.2. The van der Waals surface area contributed by atoms with Crippen LogP contribution in [-0.2, 0) is 0 Å². The first-order chi connectivity index (χ1) is 6.29. The summed E-state index contributed by atoms with van der Waals surface area (Å²) in [5.74, 6) is 0.535. The third-order valence-electron chi connectivity index (χ3n) is 2.25. The summed E-state index contributed by atoms with van der Waals surface area (Å²) >= 11 is 0. The van der Waals surface area contributed by atoms with Crippen LogP contribution in [0.3, 0.4) is 0 Å². The fourth-order valence-electron chi connectivity index (χ4n) is 1.55. The van der Waals surface area contributed by atoms with Gasteiger partial charge >= 0.3 is 0 Å². The van der Waals surface area contributed by atoms with E-state index >= 15 is 0 Å². The predicted molar refractivity (Wildman–Crippen MR) is 53.6 cm³/mol. The van der Waals surface area contributed by atoms with E-state index in [9.17, 15) is 0 Å². The van der Waals surface area contributed by atoms with Gasteiger partial charge in [0.15, 0.2) is 0 Å². The molecule has 2 heteroatoms. The topological polar surface area (TPSA) is 25.8 Å². The Morgan fingerprint density at radius 1 is 1.08 bits per heavy atom. The predicted octanol–water partition coefficient (Wildman–Crippen LogP) is 2.75. The molecule has 0 radical (unpaired) electrons. The summed E-state index contributed by atoms with van der Waals surface area (Å²) in [7, 11) is 0. The van der Waals surface area contributed by atoms with Crippen molar-refractivity contribution < 1.29 is 0 Å². The fraction of sp³-hybridized carbons (Fsp3) is 0.273. The number of hydrogen-bond acceptors (Lipinski definition) is 2. The van der Waals surface area contributed by atoms with E-state index in [-0.39, 0.29) is 0 Å². The van der Waals surface area contributed by atoms with E-state index in [2.05, 4.69) is 42.2 Å². The van der Waals surface area contributed by atoms with Crippen molar-refractivity contribution in [2.24, 2.45) is 0 Å². The van der Waals surface area contributed by atoms with Gasteiger partial charge in [-0.3, -0.25) is 0 Å². The van der Waals surface area contributed by atoms with Crippen molar-refractivity contribution >= 4 is 10.8 Å². The molecule has 2 nitrogen and oxygen atoms in total. The summed E-state index contributed by atoms with van der Waals surface area (Å²) in [4.78, 5) is 0. The second-order valence-electron chi connectivity index (χ2n) is 3.49. The van der Waals surface area contributed by atoms with Crippen LogP contribution in [0.4, 0.5) is 0 Å². The molecular formula is C11H12N2. The summed E-state index contributed by atoms with van der Waals surface area (Å²) in [6.45, 7) is 4.38. The molecule has 1 heterocycles. The van der Waals surface area contributed by atoms with E-state index in [1.165, 1.54) is 16.3 Å². The van der Waals surface area contributed by atoms with Crippen molar-refractivity contribution in [3.8, 4) is 0 Å². The lowest BCUT2D eigenvalue weighted by molar-refractivity contribution is 0.874. The lowest BCUT2D eigenvalue weighted by Crippen LogP contribution is -1.90. The largest absolute Gasteiger partial charge is 0.158 e. The number of benzene rings is 1. The maximum atomic E-state index is 3.91. The Kier molecular flexibility index (Phi) is 1.97. The van der Waals surface area contributed by atoms with Crippen LogP contribution in [0.25, 0.3) is 10.8 Å². The SMILES string of the molecule is CC(C)c1cccc2cnncc12. The molecule has 0 unspecified atom stereocenters. The number of nitrogens with zero attached hydrogens (tertiary/aromatic N) is 2. The van der Waals surface area contributed by atoms with E-state index in [0.717, 1.165) is 0 Å². The Bertz CT molecular complexity index is 416. The average Bonchev–Trinajstić information content (AvgIpc) is 2.17. The van der Waals surface area contributed by atoms with Crippen LogP contribution in [0.1, 0.15) is 25.3 Å². The first-order valence-corrected chi connectivity index (χ1v) is 4.48. The van der Waals surface area contributed by atoms with Crippen LogP contribution in [0.2, 0.25) is 0 Å². The van der Waals surface area contributed by atoms with E-state index in [1.807, 2.05) is 6.20 Å². The molecule has 0 spiro atoms. The maximum absolute atomic E-state index is 3.91. The lowest BCUT2D eigenvalue weighted by atomic mass is 9.98. The zero-order valence-corrected chi connectivity index (χ0v) is 7.86. The molecule has 0 aliphatic heterocycles. The third-order valence-corrected chi connectivity index (χ3v) is 2.25. The first kappa shape index (κ1) is 8.17. The van der Waals surface area contributed by atoms with Crippen molar-refractivity contribution in [2.75, 3.05) is 0 Å². The summed E-state index contributed by atoms with van der Waals surface area (Å²) in [6, 6.07) is 6.28. The van der Waals surface area contributed by atoms with Crippen molar-refractivity contribution in [1.29, 1.82) is 0 Å². The van der Waals surface area contributed by atoms with Crippen molar-refractivity contribution in [3.05, 3.63) is 36.2 Å². The van der Waals surface area contributed by atoms with Gasteiger partial charge in [-0.1, -0.05) is 32.0 Å². The minimum absolute atomic E-state index is 0.535. The molecule has 0 fully saturated rings. The second kappa shape index (κ2) is 3.13. The molecule has 0 aliphatic rings. The van der Waals surface area contributed by atoms with Crippen LogP contribution < -0.4 is 0 Å². The zero-order valence-electron chi connectivity index (χ0n) is 7.86. The van der Waals surface area contributed by atoms with Crippen molar-refractivity contribution in [3.63, 3.8) is 0 Å². The van der Waals surface area contributed by atoms with Gasteiger partial charge in [0.2, 0.25) is 0 Å². The molecule has 0 bridgehead atoms. The maximum Gasteiger partial charge on any atom is 0.0577 e. The Labute approximate surface area is 77.6 Å². The molecule has 0 saturated heterocycles. The van der Waals surface area contributed by atoms with Crippen LogP contribution in [0.5, 0.6) is 0 Å². The summed E-state index contributed by atoms with van der Waals surface area (Å²) < 4.78 is 0. The van der Waals surface area contributed by atoms with Crippen LogP contribution in [0.15, 0.2) is 30.6 Å². The summed E-state index contributed by atoms with van der Waals surface area (Å²) in [5.41, 5.74) is 1.34. The normalized spacial score (nSPS) is 11.0. The third kappa shape index (κ3) is 1.39. The zero-order chi connectivity index (χ0) is 9.26. The minimum Gasteiger partial charge on any atom is -0.158 e. The standard InChI is InChI=1S/C11H12N2/c1-8(2)10-5-3-4-9-6-12-13-7-11(9)10/h3-8H,1-2H3. The smallest absolute Gasteiger partial charge is 0.0577 e. The molecule has 0 saturated carbocycles. The molecule has 0 amide bonds. The minimum atomic E-state index is 0.535. The van der Waals surface area contributed by atoms with Gasteiger partial charge in [0.05, 0.1) is 12.4 Å². The van der Waals surface area contributed by atoms with Gasteiger partial charge in [0.1, 0.15) is 0 Å². The molecule has 2 rings (SSSR count). The molecule has 2 aromatic rings. The van der Waals surface area contributed by atoms with Crippen LogP contribution in [-0.4, -0.2) is 10.2 Å². The highest BCUT2D eigenvalue weighted by molar-refractivity contribution is 5.84. The fourth-order valence-corrected chi connectivity index (χ4v) is 1.55.